The van der Waals surface area contributed by atoms with Crippen molar-refractivity contribution in [2.24, 2.45) is 0 Å². The van der Waals surface area contributed by atoms with Crippen molar-refractivity contribution >= 4 is 31.0 Å². The summed E-state index contributed by atoms with van der Waals surface area (Å²) in [6, 6.07) is 20.5. The van der Waals surface area contributed by atoms with Crippen molar-refractivity contribution in [3.8, 4) is 11.5 Å². The van der Waals surface area contributed by atoms with Gasteiger partial charge in [0, 0.05) is 0 Å². The summed E-state index contributed by atoms with van der Waals surface area (Å²) in [6.45, 7) is 0. The zero-order valence-corrected chi connectivity index (χ0v) is 15.5. The number of rotatable bonds is 6. The Balaban J connectivity index is 1.80. The molecule has 1 amide bonds. The summed E-state index contributed by atoms with van der Waals surface area (Å²) >= 11 is 6.03. The minimum atomic E-state index is -4.75. The first-order valence-electron chi connectivity index (χ1n) is 7.85. The first-order chi connectivity index (χ1) is 12.9. The Morgan fingerprint density at radius 2 is 1.52 bits per heavy atom. The van der Waals surface area contributed by atoms with Gasteiger partial charge in [-0.15, -0.1) is 0 Å². The molecule has 27 heavy (non-hydrogen) atoms. The van der Waals surface area contributed by atoms with Gasteiger partial charge in [0.25, 0.3) is 5.91 Å². The molecule has 0 fully saturated rings. The number of halogens is 1. The molecular weight excluding hydrogens is 389 g/mol. The van der Waals surface area contributed by atoms with Crippen LogP contribution >= 0.6 is 19.4 Å². The minimum Gasteiger partial charge on any atom is -0.736 e. The van der Waals surface area contributed by atoms with Crippen molar-refractivity contribution in [1.29, 1.82) is 0 Å². The Bertz CT molecular complexity index is 996. The highest BCUT2D eigenvalue weighted by atomic mass is 35.5. The van der Waals surface area contributed by atoms with Crippen LogP contribution < -0.4 is 19.3 Å². The predicted molar refractivity (Wildman–Crippen MR) is 101 cm³/mol. The van der Waals surface area contributed by atoms with E-state index in [2.05, 4.69) is 5.32 Å². The van der Waals surface area contributed by atoms with Gasteiger partial charge < -0.3 is 19.3 Å². The molecular formula is C19H14ClNO5P-. The molecule has 6 nitrogen and oxygen atoms in total. The SMILES string of the molecule is O=C(Nc1ccccc1Cl)c1ccccc1OP(=O)([O-])Oc1ccccc1. The first kappa shape index (κ1) is 19.0. The Hall–Kier alpha value is -2.79. The van der Waals surface area contributed by atoms with E-state index in [0.717, 1.165) is 0 Å². The van der Waals surface area contributed by atoms with Crippen LogP contribution in [-0.2, 0) is 4.57 Å². The quantitative estimate of drug-likeness (QED) is 0.612. The molecule has 0 bridgehead atoms. The van der Waals surface area contributed by atoms with Crippen molar-refractivity contribution in [3.05, 3.63) is 89.4 Å². The van der Waals surface area contributed by atoms with Crippen LogP contribution in [-0.4, -0.2) is 5.91 Å². The molecule has 0 aliphatic carbocycles. The second kappa shape index (κ2) is 8.27. The topological polar surface area (TPSA) is 87.7 Å². The normalized spacial score (nSPS) is 12.7. The zero-order valence-electron chi connectivity index (χ0n) is 13.9. The number of phosphoric acid groups is 1. The largest absolute Gasteiger partial charge is 0.736 e. The van der Waals surface area contributed by atoms with Crippen molar-refractivity contribution in [1.82, 2.24) is 0 Å². The Labute approximate surface area is 160 Å². The van der Waals surface area contributed by atoms with E-state index in [1.54, 1.807) is 54.6 Å². The monoisotopic (exact) mass is 402 g/mol. The standard InChI is InChI=1S/C19H15ClNO5P/c20-16-11-5-6-12-17(16)21-19(22)15-10-4-7-13-18(15)26-27(23,24)25-14-8-2-1-3-9-14/h1-13H,(H,21,22)(H,23,24)/p-1. The Kier molecular flexibility index (Phi) is 5.81. The number of nitrogens with one attached hydrogen (secondary N) is 1. The van der Waals surface area contributed by atoms with E-state index in [1.165, 1.54) is 24.3 Å². The molecule has 3 aromatic rings. The number of amides is 1. The smallest absolute Gasteiger partial charge is 0.372 e. The van der Waals surface area contributed by atoms with Gasteiger partial charge in [-0.2, -0.15) is 0 Å². The fraction of sp³-hybridized carbons (Fsp3) is 0. The van der Waals surface area contributed by atoms with Crippen LogP contribution in [0.15, 0.2) is 78.9 Å². The van der Waals surface area contributed by atoms with Crippen LogP contribution in [0.1, 0.15) is 10.4 Å². The lowest BCUT2D eigenvalue weighted by molar-refractivity contribution is -0.208. The van der Waals surface area contributed by atoms with Gasteiger partial charge in [-0.05, 0) is 36.4 Å². The van der Waals surface area contributed by atoms with Gasteiger partial charge in [0.1, 0.15) is 11.5 Å². The highest BCUT2D eigenvalue weighted by molar-refractivity contribution is 7.46. The van der Waals surface area contributed by atoms with Crippen molar-refractivity contribution in [2.45, 2.75) is 0 Å². The number of carbonyl (C=O) groups excluding carboxylic acids is 1. The number of hydrogen-bond acceptors (Lipinski definition) is 5. The lowest BCUT2D eigenvalue weighted by atomic mass is 10.2. The predicted octanol–water partition coefficient (Wildman–Crippen LogP) is 4.52. The zero-order chi connectivity index (χ0) is 19.3. The lowest BCUT2D eigenvalue weighted by Crippen LogP contribution is -2.17. The first-order valence-corrected chi connectivity index (χ1v) is 9.69. The van der Waals surface area contributed by atoms with Gasteiger partial charge in [0.15, 0.2) is 0 Å². The van der Waals surface area contributed by atoms with Crippen LogP contribution in [0.25, 0.3) is 0 Å². The molecule has 8 heteroatoms. The summed E-state index contributed by atoms with van der Waals surface area (Å²) < 4.78 is 22.1. The van der Waals surface area contributed by atoms with Crippen LogP contribution in [0, 0.1) is 0 Å². The van der Waals surface area contributed by atoms with Crippen LogP contribution in [0.5, 0.6) is 11.5 Å². The fourth-order valence-electron chi connectivity index (χ4n) is 2.24. The van der Waals surface area contributed by atoms with Gasteiger partial charge in [-0.25, -0.2) is 4.57 Å². The highest BCUT2D eigenvalue weighted by Crippen LogP contribution is 2.41. The molecule has 0 saturated heterocycles. The summed E-state index contributed by atoms with van der Waals surface area (Å²) in [6.07, 6.45) is 0. The molecule has 0 heterocycles. The third kappa shape index (κ3) is 5.11. The molecule has 1 atom stereocenters. The molecule has 0 spiro atoms. The van der Waals surface area contributed by atoms with E-state index in [9.17, 15) is 14.3 Å². The molecule has 1 N–H and O–H groups in total. The molecule has 0 radical (unpaired) electrons. The van der Waals surface area contributed by atoms with E-state index in [0.29, 0.717) is 10.7 Å². The third-order valence-electron chi connectivity index (χ3n) is 3.42. The summed E-state index contributed by atoms with van der Waals surface area (Å²) in [5, 5.41) is 2.97. The molecule has 0 saturated carbocycles. The maximum Gasteiger partial charge on any atom is 0.372 e. The van der Waals surface area contributed by atoms with E-state index >= 15 is 0 Å². The van der Waals surface area contributed by atoms with Crippen molar-refractivity contribution in [2.75, 3.05) is 5.32 Å². The Morgan fingerprint density at radius 1 is 0.889 bits per heavy atom. The van der Waals surface area contributed by atoms with Crippen LogP contribution in [0.3, 0.4) is 0 Å². The number of benzene rings is 3. The maximum absolute atomic E-state index is 12.5. The van der Waals surface area contributed by atoms with Gasteiger partial charge in [0.2, 0.25) is 0 Å². The summed E-state index contributed by atoms with van der Waals surface area (Å²) in [5.41, 5.74) is 0.412. The molecule has 1 unspecified atom stereocenters. The highest BCUT2D eigenvalue weighted by Gasteiger charge is 2.19. The molecule has 0 aromatic heterocycles. The van der Waals surface area contributed by atoms with E-state index < -0.39 is 13.7 Å². The van der Waals surface area contributed by atoms with Crippen molar-refractivity contribution in [3.63, 3.8) is 0 Å². The van der Waals surface area contributed by atoms with Gasteiger partial charge in [-0.1, -0.05) is 54.1 Å². The maximum atomic E-state index is 12.5. The minimum absolute atomic E-state index is 0.0187. The van der Waals surface area contributed by atoms with Crippen LogP contribution in [0.4, 0.5) is 5.69 Å². The average Bonchev–Trinajstić information content (AvgIpc) is 2.64. The van der Waals surface area contributed by atoms with Crippen LogP contribution in [0.2, 0.25) is 5.02 Å². The number of hydrogen-bond donors (Lipinski definition) is 1. The molecule has 3 aromatic carbocycles. The molecule has 3 rings (SSSR count). The molecule has 0 aliphatic heterocycles. The average molecular weight is 403 g/mol. The Morgan fingerprint density at radius 3 is 2.26 bits per heavy atom. The number of phosphoric ester groups is 1. The van der Waals surface area contributed by atoms with Gasteiger partial charge >= 0.3 is 7.82 Å². The van der Waals surface area contributed by atoms with E-state index in [4.69, 9.17) is 20.6 Å². The summed E-state index contributed by atoms with van der Waals surface area (Å²) in [7, 11) is -4.75. The van der Waals surface area contributed by atoms with E-state index in [1.807, 2.05) is 0 Å². The lowest BCUT2D eigenvalue weighted by Gasteiger charge is -2.24. The van der Waals surface area contributed by atoms with Gasteiger partial charge in [0.05, 0.1) is 16.3 Å². The van der Waals surface area contributed by atoms with Gasteiger partial charge in [-0.3, -0.25) is 4.79 Å². The second-order valence-corrected chi connectivity index (χ2v) is 7.04. The number of para-hydroxylation sites is 3. The number of carbonyl (C=O) groups is 1. The van der Waals surface area contributed by atoms with Crippen molar-refractivity contribution < 1.29 is 23.3 Å². The van der Waals surface area contributed by atoms with E-state index in [-0.39, 0.29) is 17.1 Å². The second-order valence-electron chi connectivity index (χ2n) is 5.37. The molecule has 138 valence electrons. The summed E-state index contributed by atoms with van der Waals surface area (Å²) in [4.78, 5) is 24.7. The molecule has 0 aliphatic rings. The summed E-state index contributed by atoms with van der Waals surface area (Å²) in [5.74, 6) is -0.622. The third-order valence-corrected chi connectivity index (χ3v) is 4.61. The fourth-order valence-corrected chi connectivity index (χ4v) is 3.24. The number of anilines is 1.